The Kier molecular flexibility index (Phi) is 7.04. The van der Waals surface area contributed by atoms with Crippen LogP contribution < -0.4 is 4.74 Å². The van der Waals surface area contributed by atoms with Gasteiger partial charge in [0.25, 0.3) is 0 Å². The normalized spacial score (nSPS) is 29.5. The monoisotopic (exact) mass is 383 g/mol. The first-order chi connectivity index (χ1) is 12.9. The summed E-state index contributed by atoms with van der Waals surface area (Å²) in [5.74, 6) is 2.74. The Bertz CT molecular complexity index is 556. The van der Waals surface area contributed by atoms with Gasteiger partial charge in [-0.15, -0.1) is 13.2 Å². The molecule has 3 rings (SSSR count). The number of unbranched alkanes of at least 4 members (excludes halogenated alkanes) is 1. The first kappa shape index (κ1) is 20.5. The van der Waals surface area contributed by atoms with Gasteiger partial charge in [-0.25, -0.2) is 4.98 Å². The summed E-state index contributed by atoms with van der Waals surface area (Å²) in [6.07, 6.45) is 11.3. The molecule has 0 spiro atoms. The van der Waals surface area contributed by atoms with Gasteiger partial charge in [0.2, 0.25) is 5.88 Å². The van der Waals surface area contributed by atoms with Gasteiger partial charge >= 0.3 is 6.36 Å². The molecule has 2 aliphatic rings. The lowest BCUT2D eigenvalue weighted by Crippen LogP contribution is -2.25. The van der Waals surface area contributed by atoms with Crippen molar-refractivity contribution in [2.24, 2.45) is 17.8 Å². The number of ether oxygens (including phenoxy) is 1. The second-order valence-electron chi connectivity index (χ2n) is 8.51. The topological polar surface area (TPSA) is 22.1 Å². The highest BCUT2D eigenvalue weighted by molar-refractivity contribution is 5.22. The molecule has 1 aromatic rings. The number of alkyl halides is 3. The van der Waals surface area contributed by atoms with E-state index in [2.05, 4.69) is 16.6 Å². The molecule has 0 saturated heterocycles. The average Bonchev–Trinajstić information content (AvgIpc) is 2.66. The fourth-order valence-corrected chi connectivity index (χ4v) is 5.18. The van der Waals surface area contributed by atoms with E-state index in [0.29, 0.717) is 5.92 Å². The minimum Gasteiger partial charge on any atom is -0.388 e. The summed E-state index contributed by atoms with van der Waals surface area (Å²) in [5.41, 5.74) is 1.05. The predicted octanol–water partition coefficient (Wildman–Crippen LogP) is 7.25. The zero-order valence-corrected chi connectivity index (χ0v) is 16.3. The fraction of sp³-hybridized carbons (Fsp3) is 0.773. The first-order valence-corrected chi connectivity index (χ1v) is 10.7. The highest BCUT2D eigenvalue weighted by atomic mass is 19.4. The van der Waals surface area contributed by atoms with Gasteiger partial charge in [-0.3, -0.25) is 0 Å². The van der Waals surface area contributed by atoms with Crippen LogP contribution >= 0.6 is 0 Å². The van der Waals surface area contributed by atoms with Crippen LogP contribution in [-0.2, 0) is 0 Å². The third-order valence-corrected chi connectivity index (χ3v) is 6.75. The molecule has 1 heterocycles. The van der Waals surface area contributed by atoms with Crippen molar-refractivity contribution in [2.75, 3.05) is 0 Å². The first-order valence-electron chi connectivity index (χ1n) is 10.7. The molecule has 27 heavy (non-hydrogen) atoms. The summed E-state index contributed by atoms with van der Waals surface area (Å²) >= 11 is 0. The Balaban J connectivity index is 1.44. The maximum absolute atomic E-state index is 12.2. The Morgan fingerprint density at radius 3 is 2.11 bits per heavy atom. The third-order valence-electron chi connectivity index (χ3n) is 6.75. The van der Waals surface area contributed by atoms with Gasteiger partial charge in [0.15, 0.2) is 0 Å². The van der Waals surface area contributed by atoms with Gasteiger partial charge in [-0.05, 0) is 67.8 Å². The van der Waals surface area contributed by atoms with Crippen LogP contribution in [0.25, 0.3) is 0 Å². The number of hydrogen-bond acceptors (Lipinski definition) is 2. The van der Waals surface area contributed by atoms with Crippen molar-refractivity contribution in [1.29, 1.82) is 0 Å². The van der Waals surface area contributed by atoms with Crippen LogP contribution in [0.15, 0.2) is 18.3 Å². The van der Waals surface area contributed by atoms with E-state index in [4.69, 9.17) is 0 Å². The molecule has 0 radical (unpaired) electrons. The fourth-order valence-electron chi connectivity index (χ4n) is 5.18. The molecule has 2 nitrogen and oxygen atoms in total. The Hall–Kier alpha value is -1.26. The van der Waals surface area contributed by atoms with E-state index in [-0.39, 0.29) is 5.88 Å². The number of pyridine rings is 1. The molecule has 2 aliphatic carbocycles. The van der Waals surface area contributed by atoms with Gasteiger partial charge in [0.05, 0.1) is 0 Å². The summed E-state index contributed by atoms with van der Waals surface area (Å²) in [4.78, 5) is 3.84. The quantitative estimate of drug-likeness (QED) is 0.516. The Morgan fingerprint density at radius 1 is 0.963 bits per heavy atom. The molecule has 2 fully saturated rings. The van der Waals surface area contributed by atoms with Crippen molar-refractivity contribution < 1.29 is 17.9 Å². The maximum atomic E-state index is 12.2. The highest BCUT2D eigenvalue weighted by Gasteiger charge is 2.33. The molecule has 5 heteroatoms. The lowest BCUT2D eigenvalue weighted by atomic mass is 9.68. The summed E-state index contributed by atoms with van der Waals surface area (Å²) in [5, 5.41) is 0. The molecule has 1 aromatic heterocycles. The molecule has 0 aromatic carbocycles. The van der Waals surface area contributed by atoms with Crippen LogP contribution in [0.2, 0.25) is 0 Å². The van der Waals surface area contributed by atoms with E-state index in [1.54, 1.807) is 12.3 Å². The summed E-state index contributed by atoms with van der Waals surface area (Å²) in [6, 6.07) is 3.09. The van der Waals surface area contributed by atoms with Crippen LogP contribution in [0.5, 0.6) is 5.88 Å². The van der Waals surface area contributed by atoms with Crippen molar-refractivity contribution in [2.45, 2.75) is 89.8 Å². The van der Waals surface area contributed by atoms with Crippen molar-refractivity contribution in [3.8, 4) is 5.88 Å². The minimum atomic E-state index is -4.68. The number of rotatable bonds is 6. The molecular formula is C22H32F3NO. The number of hydrogen-bond donors (Lipinski definition) is 0. The van der Waals surface area contributed by atoms with E-state index < -0.39 is 6.36 Å². The second-order valence-corrected chi connectivity index (χ2v) is 8.51. The van der Waals surface area contributed by atoms with Crippen LogP contribution in [0.4, 0.5) is 13.2 Å². The number of aromatic nitrogens is 1. The van der Waals surface area contributed by atoms with Crippen molar-refractivity contribution >= 4 is 0 Å². The zero-order chi connectivity index (χ0) is 19.3. The molecule has 0 N–H and O–H groups in total. The van der Waals surface area contributed by atoms with E-state index >= 15 is 0 Å². The zero-order valence-electron chi connectivity index (χ0n) is 16.3. The maximum Gasteiger partial charge on any atom is 0.574 e. The van der Waals surface area contributed by atoms with E-state index in [1.165, 1.54) is 63.9 Å². The van der Waals surface area contributed by atoms with E-state index in [1.807, 2.05) is 0 Å². The van der Waals surface area contributed by atoms with Crippen LogP contribution in [-0.4, -0.2) is 11.3 Å². The molecule has 0 atom stereocenters. The largest absolute Gasteiger partial charge is 0.574 e. The lowest BCUT2D eigenvalue weighted by molar-refractivity contribution is -0.276. The molecule has 0 aliphatic heterocycles. The summed E-state index contributed by atoms with van der Waals surface area (Å²) in [7, 11) is 0. The molecule has 152 valence electrons. The average molecular weight is 383 g/mol. The second kappa shape index (κ2) is 9.29. The van der Waals surface area contributed by atoms with Crippen molar-refractivity contribution in [3.05, 3.63) is 23.9 Å². The predicted molar refractivity (Wildman–Crippen MR) is 101 cm³/mol. The minimum absolute atomic E-state index is 0.375. The van der Waals surface area contributed by atoms with Gasteiger partial charge in [0, 0.05) is 12.3 Å². The standard InChI is InChI=1S/C22H32F3NO/c1-2-3-4-16-5-7-17(8-6-16)18-9-11-19(12-10-18)20-13-14-21(26-15-20)27-22(23,24)25/h13-19H,2-12H2,1H3/t16-,17-,18-,19-. The van der Waals surface area contributed by atoms with Gasteiger partial charge in [-0.1, -0.05) is 45.1 Å². The number of halogens is 3. The van der Waals surface area contributed by atoms with Crippen LogP contribution in [0.1, 0.15) is 89.0 Å². The third kappa shape index (κ3) is 6.11. The summed E-state index contributed by atoms with van der Waals surface area (Å²) < 4.78 is 40.6. The lowest BCUT2D eigenvalue weighted by Gasteiger charge is -2.38. The van der Waals surface area contributed by atoms with E-state index in [0.717, 1.165) is 36.2 Å². The smallest absolute Gasteiger partial charge is 0.388 e. The van der Waals surface area contributed by atoms with Gasteiger partial charge in [0.1, 0.15) is 0 Å². The van der Waals surface area contributed by atoms with Gasteiger partial charge in [-0.2, -0.15) is 0 Å². The van der Waals surface area contributed by atoms with Crippen LogP contribution in [0.3, 0.4) is 0 Å². The Morgan fingerprint density at radius 2 is 1.59 bits per heavy atom. The van der Waals surface area contributed by atoms with Crippen LogP contribution in [0, 0.1) is 17.8 Å². The van der Waals surface area contributed by atoms with Crippen molar-refractivity contribution in [3.63, 3.8) is 0 Å². The molecule has 0 bridgehead atoms. The molecule has 2 saturated carbocycles. The highest BCUT2D eigenvalue weighted by Crippen LogP contribution is 2.44. The molecule has 0 unspecified atom stereocenters. The van der Waals surface area contributed by atoms with Gasteiger partial charge < -0.3 is 4.74 Å². The van der Waals surface area contributed by atoms with Crippen molar-refractivity contribution in [1.82, 2.24) is 4.98 Å². The Labute approximate surface area is 160 Å². The molecular weight excluding hydrogens is 351 g/mol. The summed E-state index contributed by atoms with van der Waals surface area (Å²) in [6.45, 7) is 2.27. The SMILES string of the molecule is CCCC[C@H]1CC[C@H]([C@H]2CC[C@H](c3ccc(OC(F)(F)F)nc3)CC2)CC1. The number of nitrogens with zero attached hydrogens (tertiary/aromatic N) is 1. The van der Waals surface area contributed by atoms with E-state index in [9.17, 15) is 13.2 Å². The molecule has 0 amide bonds.